The van der Waals surface area contributed by atoms with Gasteiger partial charge < -0.3 is 4.74 Å². The highest BCUT2D eigenvalue weighted by molar-refractivity contribution is 5.69. The van der Waals surface area contributed by atoms with Crippen LogP contribution in [0.25, 0.3) is 0 Å². The van der Waals surface area contributed by atoms with Gasteiger partial charge in [-0.3, -0.25) is 5.32 Å². The van der Waals surface area contributed by atoms with Crippen LogP contribution in [0.3, 0.4) is 0 Å². The lowest BCUT2D eigenvalue weighted by Crippen LogP contribution is -2.75. The van der Waals surface area contributed by atoms with Crippen molar-refractivity contribution in [1.82, 2.24) is 5.32 Å². The molecule has 1 N–H and O–H groups in total. The van der Waals surface area contributed by atoms with E-state index in [0.717, 1.165) is 0 Å². The monoisotopic (exact) mass is 349 g/mol. The van der Waals surface area contributed by atoms with Crippen LogP contribution in [-0.2, 0) is 4.74 Å². The fourth-order valence-electron chi connectivity index (χ4n) is 1.27. The molecule has 0 saturated heterocycles. The fraction of sp³-hybridized carbons (Fsp3) is 0.900. The summed E-state index contributed by atoms with van der Waals surface area (Å²) in [6, 6.07) is 0. The number of alkyl halides is 9. The minimum atomic E-state index is -6.86. The minimum absolute atomic E-state index is 0.0461. The maximum absolute atomic E-state index is 12.5. The summed E-state index contributed by atoms with van der Waals surface area (Å²) in [6.07, 6.45) is -23.0. The molecule has 12 heteroatoms. The Morgan fingerprint density at radius 2 is 1.27 bits per heavy atom. The smallest absolute Gasteiger partial charge is 0.429 e. The second-order valence-corrected chi connectivity index (χ2v) is 4.69. The lowest BCUT2D eigenvalue weighted by atomic mass is 9.97. The van der Waals surface area contributed by atoms with Gasteiger partial charge in [-0.15, -0.1) is 0 Å². The molecule has 0 aromatic heterocycles. The van der Waals surface area contributed by atoms with Gasteiger partial charge in [0.2, 0.25) is 0 Å². The lowest BCUT2D eigenvalue weighted by Gasteiger charge is -2.38. The van der Waals surface area contributed by atoms with E-state index in [9.17, 15) is 44.3 Å². The SMILES string of the molecule is CC(C)CCOC(=O)NC(C(F)(F)F)(C(F)(F)F)C(F)(F)F. The van der Waals surface area contributed by atoms with Gasteiger partial charge in [0, 0.05) is 0 Å². The molecule has 0 aromatic rings. The molecule has 0 radical (unpaired) electrons. The molecule has 0 aromatic carbocycles. The highest BCUT2D eigenvalue weighted by Gasteiger charge is 2.85. The quantitative estimate of drug-likeness (QED) is 0.773. The number of hydrogen-bond donors (Lipinski definition) is 1. The van der Waals surface area contributed by atoms with E-state index in [2.05, 4.69) is 4.74 Å². The Balaban J connectivity index is 5.49. The van der Waals surface area contributed by atoms with Crippen molar-refractivity contribution in [1.29, 1.82) is 0 Å². The Kier molecular flexibility index (Phi) is 6.01. The molecule has 0 saturated carbocycles. The van der Waals surface area contributed by atoms with Gasteiger partial charge >= 0.3 is 30.2 Å². The predicted octanol–water partition coefficient (Wildman–Crippen LogP) is 4.18. The number of rotatable bonds is 4. The molecule has 0 unspecified atom stereocenters. The molecule has 0 aliphatic heterocycles. The van der Waals surface area contributed by atoms with Crippen molar-refractivity contribution in [2.24, 2.45) is 5.92 Å². The summed E-state index contributed by atoms with van der Waals surface area (Å²) < 4.78 is 116. The minimum Gasteiger partial charge on any atom is -0.450 e. The van der Waals surface area contributed by atoms with Crippen molar-refractivity contribution < 1.29 is 49.0 Å². The lowest BCUT2D eigenvalue weighted by molar-refractivity contribution is -0.387. The van der Waals surface area contributed by atoms with Crippen LogP contribution in [0.5, 0.6) is 0 Å². The topological polar surface area (TPSA) is 38.3 Å². The third-order valence-electron chi connectivity index (χ3n) is 2.49. The van der Waals surface area contributed by atoms with Crippen LogP contribution < -0.4 is 5.32 Å². The Morgan fingerprint density at radius 1 is 0.909 bits per heavy atom. The van der Waals surface area contributed by atoms with Gasteiger partial charge in [0.1, 0.15) is 0 Å². The number of halogens is 9. The molecular weight excluding hydrogens is 337 g/mol. The predicted molar refractivity (Wildman–Crippen MR) is 54.8 cm³/mol. The van der Waals surface area contributed by atoms with E-state index >= 15 is 0 Å². The Morgan fingerprint density at radius 3 is 1.55 bits per heavy atom. The van der Waals surface area contributed by atoms with Crippen molar-refractivity contribution in [2.45, 2.75) is 44.3 Å². The normalized spacial score (nSPS) is 14.2. The summed E-state index contributed by atoms with van der Waals surface area (Å²) in [5, 5.41) is -0.112. The summed E-state index contributed by atoms with van der Waals surface area (Å²) in [6.45, 7) is 2.55. The van der Waals surface area contributed by atoms with Gasteiger partial charge in [-0.1, -0.05) is 13.8 Å². The number of ether oxygens (including phenoxy) is 1. The average molecular weight is 349 g/mol. The first-order valence-electron chi connectivity index (χ1n) is 5.71. The molecule has 0 atom stereocenters. The molecule has 0 spiro atoms. The van der Waals surface area contributed by atoms with Gasteiger partial charge in [-0.05, 0) is 12.3 Å². The zero-order valence-corrected chi connectivity index (χ0v) is 11.2. The number of carbonyl (C=O) groups excluding carboxylic acids is 1. The number of nitrogens with one attached hydrogen (secondary N) is 1. The van der Waals surface area contributed by atoms with Crippen molar-refractivity contribution >= 4 is 6.09 Å². The highest BCUT2D eigenvalue weighted by Crippen LogP contribution is 2.52. The van der Waals surface area contributed by atoms with Crippen molar-refractivity contribution in [3.05, 3.63) is 0 Å². The van der Waals surface area contributed by atoms with Crippen LogP contribution in [0.4, 0.5) is 44.3 Å². The van der Waals surface area contributed by atoms with Crippen LogP contribution in [0, 0.1) is 5.92 Å². The van der Waals surface area contributed by atoms with Crippen LogP contribution in [0.15, 0.2) is 0 Å². The van der Waals surface area contributed by atoms with Crippen molar-refractivity contribution in [3.8, 4) is 0 Å². The summed E-state index contributed by atoms with van der Waals surface area (Å²) in [5.74, 6) is -0.134. The molecule has 0 rings (SSSR count). The van der Waals surface area contributed by atoms with Gasteiger partial charge in [0.15, 0.2) is 0 Å². The maximum atomic E-state index is 12.5. The molecule has 0 aliphatic rings. The highest BCUT2D eigenvalue weighted by atomic mass is 19.4. The van der Waals surface area contributed by atoms with Crippen LogP contribution >= 0.6 is 0 Å². The number of amides is 1. The Labute approximate surface area is 118 Å². The number of hydrogen-bond acceptors (Lipinski definition) is 2. The van der Waals surface area contributed by atoms with E-state index in [4.69, 9.17) is 0 Å². The fourth-order valence-corrected chi connectivity index (χ4v) is 1.27. The summed E-state index contributed by atoms with van der Waals surface area (Å²) >= 11 is 0. The molecule has 0 heterocycles. The third kappa shape index (κ3) is 4.32. The van der Waals surface area contributed by atoms with Gasteiger partial charge in [-0.2, -0.15) is 39.5 Å². The summed E-state index contributed by atoms with van der Waals surface area (Å²) in [7, 11) is 0. The first-order chi connectivity index (χ1) is 9.56. The molecule has 0 aliphatic carbocycles. The molecule has 1 amide bonds. The first kappa shape index (κ1) is 20.6. The van der Waals surface area contributed by atoms with E-state index in [-0.39, 0.29) is 17.7 Å². The van der Waals surface area contributed by atoms with Crippen LogP contribution in [0.2, 0.25) is 0 Å². The molecule has 22 heavy (non-hydrogen) atoms. The van der Waals surface area contributed by atoms with E-state index in [1.807, 2.05) is 0 Å². The standard InChI is InChI=1S/C10H12F9NO2/c1-5(2)3-4-22-6(21)20-7(8(11,12)13,9(14,15)16)10(17,18)19/h5H,3-4H2,1-2H3,(H,20,21). The summed E-state index contributed by atoms with van der Waals surface area (Å²) in [4.78, 5) is 10.9. The molecular formula is C10H12F9NO2. The Bertz CT molecular complexity index is 347. The zero-order chi connectivity index (χ0) is 18.0. The molecule has 0 fully saturated rings. The average Bonchev–Trinajstić information content (AvgIpc) is 2.19. The maximum Gasteiger partial charge on any atom is 0.429 e. The number of alkyl carbamates (subject to hydrolysis) is 1. The third-order valence-corrected chi connectivity index (χ3v) is 2.49. The van der Waals surface area contributed by atoms with Gasteiger partial charge in [0.25, 0.3) is 0 Å². The van der Waals surface area contributed by atoms with E-state index < -0.39 is 36.8 Å². The van der Waals surface area contributed by atoms with E-state index in [0.29, 0.717) is 0 Å². The van der Waals surface area contributed by atoms with Crippen molar-refractivity contribution in [2.75, 3.05) is 6.61 Å². The molecule has 0 bridgehead atoms. The van der Waals surface area contributed by atoms with Gasteiger partial charge in [0.05, 0.1) is 6.61 Å². The molecule has 3 nitrogen and oxygen atoms in total. The van der Waals surface area contributed by atoms with E-state index in [1.165, 1.54) is 0 Å². The number of carbonyl (C=O) groups is 1. The Hall–Kier alpha value is -1.36. The van der Waals surface area contributed by atoms with Crippen LogP contribution in [-0.4, -0.2) is 36.8 Å². The second kappa shape index (κ2) is 6.41. The first-order valence-corrected chi connectivity index (χ1v) is 5.71. The van der Waals surface area contributed by atoms with Crippen LogP contribution in [0.1, 0.15) is 20.3 Å². The second-order valence-electron chi connectivity index (χ2n) is 4.69. The molecule has 132 valence electrons. The summed E-state index contributed by atoms with van der Waals surface area (Å²) in [5.41, 5.74) is -6.40. The largest absolute Gasteiger partial charge is 0.450 e. The zero-order valence-electron chi connectivity index (χ0n) is 11.2. The van der Waals surface area contributed by atoms with Crippen molar-refractivity contribution in [3.63, 3.8) is 0 Å². The van der Waals surface area contributed by atoms with E-state index in [1.54, 1.807) is 13.8 Å². The van der Waals surface area contributed by atoms with Gasteiger partial charge in [-0.25, -0.2) is 4.79 Å².